The van der Waals surface area contributed by atoms with Crippen LogP contribution in [0.4, 0.5) is 0 Å². The van der Waals surface area contributed by atoms with Crippen LogP contribution in [0.5, 0.6) is 0 Å². The van der Waals surface area contributed by atoms with Crippen molar-refractivity contribution in [1.29, 1.82) is 0 Å². The van der Waals surface area contributed by atoms with Crippen molar-refractivity contribution >= 4 is 17.2 Å². The molecule has 4 rings (SSSR count). The minimum Gasteiger partial charge on any atom is -0.342 e. The number of pyridine rings is 1. The number of aryl methyl sites for hydroxylation is 2. The van der Waals surface area contributed by atoms with E-state index in [0.29, 0.717) is 36.9 Å². The van der Waals surface area contributed by atoms with Crippen LogP contribution >= 0.6 is 11.3 Å². The van der Waals surface area contributed by atoms with Crippen molar-refractivity contribution < 1.29 is 9.32 Å². The first-order chi connectivity index (χ1) is 13.1. The Morgan fingerprint density at radius 1 is 1.26 bits per heavy atom. The second kappa shape index (κ2) is 7.56. The van der Waals surface area contributed by atoms with Crippen molar-refractivity contribution in [1.82, 2.24) is 25.0 Å². The summed E-state index contributed by atoms with van der Waals surface area (Å²) >= 11 is 1.64. The van der Waals surface area contributed by atoms with Crippen molar-refractivity contribution in [3.63, 3.8) is 0 Å². The number of aromatic nitrogens is 4. The molecule has 0 aromatic carbocycles. The molecule has 3 aromatic rings. The number of nitrogens with zero attached hydrogens (tertiary/aromatic N) is 5. The first-order valence-corrected chi connectivity index (χ1v) is 9.87. The maximum absolute atomic E-state index is 12.6. The highest BCUT2D eigenvalue weighted by Crippen LogP contribution is 2.28. The molecule has 1 aliphatic heterocycles. The summed E-state index contributed by atoms with van der Waals surface area (Å²) in [4.78, 5) is 28.9. The fourth-order valence-corrected chi connectivity index (χ4v) is 4.20. The van der Waals surface area contributed by atoms with Crippen LogP contribution in [0, 0.1) is 13.8 Å². The number of piperidine rings is 1. The Hall–Kier alpha value is -2.61. The van der Waals surface area contributed by atoms with E-state index in [1.54, 1.807) is 17.5 Å². The second-order valence-electron chi connectivity index (χ2n) is 6.74. The number of carbonyl (C=O) groups excluding carboxylic acids is 1. The molecule has 0 saturated carbocycles. The second-order valence-corrected chi connectivity index (χ2v) is 8.15. The van der Waals surface area contributed by atoms with Crippen molar-refractivity contribution in [2.75, 3.05) is 13.1 Å². The van der Waals surface area contributed by atoms with Crippen LogP contribution in [0.25, 0.3) is 11.5 Å². The standard InChI is InChI=1S/C19H21N5O2S/c1-12-16(21-13(2)27-12)11-17(25)24-9-6-14(7-10-24)19-22-18(23-26-19)15-5-3-4-8-20-15/h3-5,8,14H,6-7,9-11H2,1-2H3. The van der Waals surface area contributed by atoms with E-state index in [-0.39, 0.29) is 11.8 Å². The van der Waals surface area contributed by atoms with Gasteiger partial charge >= 0.3 is 0 Å². The summed E-state index contributed by atoms with van der Waals surface area (Å²) in [5.74, 6) is 1.47. The summed E-state index contributed by atoms with van der Waals surface area (Å²) in [5.41, 5.74) is 1.61. The first-order valence-electron chi connectivity index (χ1n) is 9.06. The maximum atomic E-state index is 12.6. The number of hydrogen-bond donors (Lipinski definition) is 0. The molecule has 1 saturated heterocycles. The molecule has 0 unspecified atom stereocenters. The molecule has 1 amide bonds. The number of likely N-dealkylation sites (tertiary alicyclic amines) is 1. The molecule has 0 atom stereocenters. The number of amides is 1. The SMILES string of the molecule is Cc1nc(CC(=O)N2CCC(c3nc(-c4ccccn4)no3)CC2)c(C)s1. The molecule has 3 aromatic heterocycles. The topological polar surface area (TPSA) is 85.0 Å². The Bertz CT molecular complexity index is 929. The molecule has 0 spiro atoms. The van der Waals surface area contributed by atoms with Gasteiger partial charge in [-0.25, -0.2) is 4.98 Å². The summed E-state index contributed by atoms with van der Waals surface area (Å²) in [6.07, 6.45) is 3.74. The Morgan fingerprint density at radius 2 is 2.07 bits per heavy atom. The molecular weight excluding hydrogens is 362 g/mol. The lowest BCUT2D eigenvalue weighted by Gasteiger charge is -2.30. The number of thiazole rings is 1. The van der Waals surface area contributed by atoms with Crippen molar-refractivity contribution in [2.45, 2.75) is 39.0 Å². The molecule has 7 nitrogen and oxygen atoms in total. The van der Waals surface area contributed by atoms with E-state index in [0.717, 1.165) is 28.4 Å². The van der Waals surface area contributed by atoms with Gasteiger partial charge < -0.3 is 9.42 Å². The molecule has 1 aliphatic rings. The summed E-state index contributed by atoms with van der Waals surface area (Å²) < 4.78 is 5.46. The summed E-state index contributed by atoms with van der Waals surface area (Å²) in [7, 11) is 0. The average molecular weight is 383 g/mol. The largest absolute Gasteiger partial charge is 0.342 e. The Labute approximate surface area is 161 Å². The van der Waals surface area contributed by atoms with Gasteiger partial charge in [0.25, 0.3) is 0 Å². The zero-order valence-corrected chi connectivity index (χ0v) is 16.2. The lowest BCUT2D eigenvalue weighted by Crippen LogP contribution is -2.39. The van der Waals surface area contributed by atoms with Gasteiger partial charge in [0.1, 0.15) is 5.69 Å². The van der Waals surface area contributed by atoms with Gasteiger partial charge in [-0.1, -0.05) is 11.2 Å². The normalized spacial score (nSPS) is 15.3. The summed E-state index contributed by atoms with van der Waals surface area (Å²) in [6.45, 7) is 5.40. The highest BCUT2D eigenvalue weighted by Gasteiger charge is 2.28. The lowest BCUT2D eigenvalue weighted by atomic mass is 9.96. The Morgan fingerprint density at radius 3 is 2.74 bits per heavy atom. The fraction of sp³-hybridized carbons (Fsp3) is 0.421. The third-order valence-corrected chi connectivity index (χ3v) is 5.78. The van der Waals surface area contributed by atoms with Gasteiger partial charge in [-0.2, -0.15) is 4.98 Å². The molecule has 8 heteroatoms. The molecule has 140 valence electrons. The molecule has 0 N–H and O–H groups in total. The van der Waals surface area contributed by atoms with E-state index in [9.17, 15) is 4.79 Å². The van der Waals surface area contributed by atoms with Gasteiger partial charge in [0.2, 0.25) is 17.6 Å². The predicted molar refractivity (Wildman–Crippen MR) is 101 cm³/mol. The van der Waals surface area contributed by atoms with Crippen LogP contribution < -0.4 is 0 Å². The molecule has 0 aliphatic carbocycles. The molecule has 1 fully saturated rings. The van der Waals surface area contributed by atoms with Crippen LogP contribution in [-0.2, 0) is 11.2 Å². The number of rotatable bonds is 4. The van der Waals surface area contributed by atoms with E-state index < -0.39 is 0 Å². The fourth-order valence-electron chi connectivity index (χ4n) is 3.37. The van der Waals surface area contributed by atoms with Gasteiger partial charge in [0, 0.05) is 30.1 Å². The van der Waals surface area contributed by atoms with E-state index in [2.05, 4.69) is 20.1 Å². The molecule has 0 bridgehead atoms. The summed E-state index contributed by atoms with van der Waals surface area (Å²) in [5, 5.41) is 5.06. The highest BCUT2D eigenvalue weighted by molar-refractivity contribution is 7.11. The van der Waals surface area contributed by atoms with Gasteiger partial charge in [0.15, 0.2) is 0 Å². The third kappa shape index (κ3) is 3.90. The maximum Gasteiger partial charge on any atom is 0.230 e. The van der Waals surface area contributed by atoms with Crippen LogP contribution in [0.15, 0.2) is 28.9 Å². The number of hydrogen-bond acceptors (Lipinski definition) is 7. The van der Waals surface area contributed by atoms with Crippen molar-refractivity contribution in [3.8, 4) is 11.5 Å². The minimum absolute atomic E-state index is 0.140. The minimum atomic E-state index is 0.140. The van der Waals surface area contributed by atoms with E-state index in [1.165, 1.54) is 0 Å². The lowest BCUT2D eigenvalue weighted by molar-refractivity contribution is -0.131. The van der Waals surface area contributed by atoms with Gasteiger partial charge in [-0.05, 0) is 38.8 Å². The van der Waals surface area contributed by atoms with E-state index in [4.69, 9.17) is 4.52 Å². The molecular formula is C19H21N5O2S. The molecule has 0 radical (unpaired) electrons. The van der Waals surface area contributed by atoms with Gasteiger partial charge in [0.05, 0.1) is 17.1 Å². The van der Waals surface area contributed by atoms with Crippen molar-refractivity contribution in [2.24, 2.45) is 0 Å². The molecule has 4 heterocycles. The first kappa shape index (κ1) is 17.8. The zero-order valence-electron chi connectivity index (χ0n) is 15.4. The Balaban J connectivity index is 1.36. The smallest absolute Gasteiger partial charge is 0.230 e. The van der Waals surface area contributed by atoms with Gasteiger partial charge in [-0.3, -0.25) is 9.78 Å². The quantitative estimate of drug-likeness (QED) is 0.688. The average Bonchev–Trinajstić information content (AvgIpc) is 3.29. The number of carbonyl (C=O) groups is 1. The van der Waals surface area contributed by atoms with Crippen molar-refractivity contribution in [3.05, 3.63) is 45.9 Å². The van der Waals surface area contributed by atoms with Crippen LogP contribution in [-0.4, -0.2) is 44.0 Å². The zero-order chi connectivity index (χ0) is 18.8. The third-order valence-electron chi connectivity index (χ3n) is 4.85. The van der Waals surface area contributed by atoms with Crippen LogP contribution in [0.3, 0.4) is 0 Å². The summed E-state index contributed by atoms with van der Waals surface area (Å²) in [6, 6.07) is 5.61. The highest BCUT2D eigenvalue weighted by atomic mass is 32.1. The van der Waals surface area contributed by atoms with E-state index in [1.807, 2.05) is 36.9 Å². The Kier molecular flexibility index (Phi) is 4.98. The van der Waals surface area contributed by atoms with Gasteiger partial charge in [-0.15, -0.1) is 11.3 Å². The monoisotopic (exact) mass is 383 g/mol. The predicted octanol–water partition coefficient (Wildman–Crippen LogP) is 3.15. The van der Waals surface area contributed by atoms with Crippen LogP contribution in [0.2, 0.25) is 0 Å². The van der Waals surface area contributed by atoms with Crippen LogP contribution in [0.1, 0.15) is 40.2 Å². The molecule has 27 heavy (non-hydrogen) atoms. The van der Waals surface area contributed by atoms with E-state index >= 15 is 0 Å².